The summed E-state index contributed by atoms with van der Waals surface area (Å²) in [6.45, 7) is 3.97. The SMILES string of the molecule is CCC(C)NC(=O)c1ccc(Cl)cn1. The van der Waals surface area contributed by atoms with E-state index in [2.05, 4.69) is 10.3 Å². The molecule has 0 saturated carbocycles. The molecular weight excluding hydrogens is 200 g/mol. The van der Waals surface area contributed by atoms with Crippen molar-refractivity contribution in [2.24, 2.45) is 0 Å². The number of hydrogen-bond acceptors (Lipinski definition) is 2. The average molecular weight is 213 g/mol. The monoisotopic (exact) mass is 212 g/mol. The second-order valence-corrected chi connectivity index (χ2v) is 3.58. The summed E-state index contributed by atoms with van der Waals surface area (Å²) >= 11 is 5.66. The summed E-state index contributed by atoms with van der Waals surface area (Å²) in [5.74, 6) is -0.156. The highest BCUT2D eigenvalue weighted by Crippen LogP contribution is 2.06. The molecule has 76 valence electrons. The first-order valence-corrected chi connectivity index (χ1v) is 4.93. The maximum absolute atomic E-state index is 11.5. The topological polar surface area (TPSA) is 42.0 Å². The van der Waals surface area contributed by atoms with Gasteiger partial charge >= 0.3 is 0 Å². The van der Waals surface area contributed by atoms with Crippen LogP contribution >= 0.6 is 11.6 Å². The van der Waals surface area contributed by atoms with Gasteiger partial charge in [0.25, 0.3) is 5.91 Å². The fourth-order valence-corrected chi connectivity index (χ4v) is 1.02. The summed E-state index contributed by atoms with van der Waals surface area (Å²) < 4.78 is 0. The van der Waals surface area contributed by atoms with Crippen molar-refractivity contribution in [3.8, 4) is 0 Å². The summed E-state index contributed by atoms with van der Waals surface area (Å²) in [7, 11) is 0. The van der Waals surface area contributed by atoms with E-state index in [1.165, 1.54) is 6.20 Å². The molecule has 0 aliphatic rings. The van der Waals surface area contributed by atoms with E-state index >= 15 is 0 Å². The largest absolute Gasteiger partial charge is 0.348 e. The normalized spacial score (nSPS) is 12.2. The Morgan fingerprint density at radius 3 is 2.86 bits per heavy atom. The number of halogens is 1. The van der Waals surface area contributed by atoms with Gasteiger partial charge in [0.2, 0.25) is 0 Å². The zero-order valence-electron chi connectivity index (χ0n) is 8.25. The molecule has 14 heavy (non-hydrogen) atoms. The standard InChI is InChI=1S/C10H13ClN2O/c1-3-7(2)13-10(14)9-5-4-8(11)6-12-9/h4-7H,3H2,1-2H3,(H,13,14). The Kier molecular flexibility index (Phi) is 3.89. The summed E-state index contributed by atoms with van der Waals surface area (Å²) in [6, 6.07) is 3.43. The Hall–Kier alpha value is -1.09. The van der Waals surface area contributed by atoms with Crippen molar-refractivity contribution in [2.45, 2.75) is 26.3 Å². The van der Waals surface area contributed by atoms with E-state index in [1.807, 2.05) is 13.8 Å². The molecule has 0 saturated heterocycles. The van der Waals surface area contributed by atoms with Gasteiger partial charge in [0.1, 0.15) is 5.69 Å². The van der Waals surface area contributed by atoms with E-state index < -0.39 is 0 Å². The third kappa shape index (κ3) is 3.00. The predicted molar refractivity (Wildman–Crippen MR) is 56.5 cm³/mol. The highest BCUT2D eigenvalue weighted by molar-refractivity contribution is 6.30. The Balaban J connectivity index is 2.65. The lowest BCUT2D eigenvalue weighted by Crippen LogP contribution is -2.32. The van der Waals surface area contributed by atoms with Gasteiger partial charge in [0.05, 0.1) is 5.02 Å². The average Bonchev–Trinajstić information content (AvgIpc) is 2.18. The molecule has 1 amide bonds. The predicted octanol–water partition coefficient (Wildman–Crippen LogP) is 2.26. The molecule has 1 unspecified atom stereocenters. The van der Waals surface area contributed by atoms with E-state index in [9.17, 15) is 4.79 Å². The maximum Gasteiger partial charge on any atom is 0.270 e. The second kappa shape index (κ2) is 4.96. The van der Waals surface area contributed by atoms with Crippen molar-refractivity contribution in [1.29, 1.82) is 0 Å². The van der Waals surface area contributed by atoms with E-state index in [0.29, 0.717) is 10.7 Å². The molecule has 1 rings (SSSR count). The summed E-state index contributed by atoms with van der Waals surface area (Å²) in [5, 5.41) is 3.35. The highest BCUT2D eigenvalue weighted by Gasteiger charge is 2.08. The minimum absolute atomic E-state index is 0.156. The van der Waals surface area contributed by atoms with Crippen LogP contribution in [0.2, 0.25) is 5.02 Å². The molecule has 1 aromatic heterocycles. The smallest absolute Gasteiger partial charge is 0.270 e. The molecule has 0 spiro atoms. The molecule has 0 aliphatic carbocycles. The van der Waals surface area contributed by atoms with Crippen LogP contribution in [-0.2, 0) is 0 Å². The van der Waals surface area contributed by atoms with Crippen LogP contribution in [0.25, 0.3) is 0 Å². The molecule has 0 aromatic carbocycles. The third-order valence-electron chi connectivity index (χ3n) is 1.95. The fourth-order valence-electron chi connectivity index (χ4n) is 0.910. The van der Waals surface area contributed by atoms with Gasteiger partial charge in [-0.05, 0) is 25.5 Å². The van der Waals surface area contributed by atoms with Crippen LogP contribution < -0.4 is 5.32 Å². The van der Waals surface area contributed by atoms with Crippen molar-refractivity contribution >= 4 is 17.5 Å². The van der Waals surface area contributed by atoms with Crippen LogP contribution in [0.4, 0.5) is 0 Å². The number of nitrogens with one attached hydrogen (secondary N) is 1. The first-order valence-electron chi connectivity index (χ1n) is 4.56. The van der Waals surface area contributed by atoms with Gasteiger partial charge in [-0.15, -0.1) is 0 Å². The molecule has 1 atom stereocenters. The van der Waals surface area contributed by atoms with Gasteiger partial charge < -0.3 is 5.32 Å². The highest BCUT2D eigenvalue weighted by atomic mass is 35.5. The summed E-state index contributed by atoms with van der Waals surface area (Å²) in [4.78, 5) is 15.4. The number of hydrogen-bond donors (Lipinski definition) is 1. The van der Waals surface area contributed by atoms with Crippen molar-refractivity contribution < 1.29 is 4.79 Å². The number of aromatic nitrogens is 1. The zero-order chi connectivity index (χ0) is 10.6. The van der Waals surface area contributed by atoms with E-state index in [-0.39, 0.29) is 11.9 Å². The van der Waals surface area contributed by atoms with Crippen LogP contribution in [0.15, 0.2) is 18.3 Å². The van der Waals surface area contributed by atoms with Gasteiger partial charge in [0, 0.05) is 12.2 Å². The Morgan fingerprint density at radius 2 is 2.36 bits per heavy atom. The third-order valence-corrected chi connectivity index (χ3v) is 2.17. The van der Waals surface area contributed by atoms with Crippen molar-refractivity contribution in [1.82, 2.24) is 10.3 Å². The molecule has 0 bridgehead atoms. The number of carbonyl (C=O) groups is 1. The Bertz CT molecular complexity index is 310. The lowest BCUT2D eigenvalue weighted by Gasteiger charge is -2.10. The minimum Gasteiger partial charge on any atom is -0.348 e. The lowest BCUT2D eigenvalue weighted by molar-refractivity contribution is 0.0934. The maximum atomic E-state index is 11.5. The first-order chi connectivity index (χ1) is 6.63. The summed E-state index contributed by atoms with van der Waals surface area (Å²) in [6.07, 6.45) is 2.37. The Labute approximate surface area is 88.5 Å². The molecule has 0 fully saturated rings. The number of nitrogens with zero attached hydrogens (tertiary/aromatic N) is 1. The van der Waals surface area contributed by atoms with Gasteiger partial charge in [0.15, 0.2) is 0 Å². The fraction of sp³-hybridized carbons (Fsp3) is 0.400. The van der Waals surface area contributed by atoms with Crippen LogP contribution in [0.1, 0.15) is 30.8 Å². The molecular formula is C10H13ClN2O. The van der Waals surface area contributed by atoms with Crippen LogP contribution in [-0.4, -0.2) is 16.9 Å². The van der Waals surface area contributed by atoms with E-state index in [1.54, 1.807) is 12.1 Å². The van der Waals surface area contributed by atoms with E-state index in [0.717, 1.165) is 6.42 Å². The van der Waals surface area contributed by atoms with Crippen LogP contribution in [0.3, 0.4) is 0 Å². The van der Waals surface area contributed by atoms with Crippen LogP contribution in [0, 0.1) is 0 Å². The number of pyridine rings is 1. The molecule has 1 aromatic rings. The number of amides is 1. The molecule has 1 N–H and O–H groups in total. The molecule has 1 heterocycles. The summed E-state index contributed by atoms with van der Waals surface area (Å²) in [5.41, 5.74) is 0.398. The van der Waals surface area contributed by atoms with Crippen molar-refractivity contribution in [2.75, 3.05) is 0 Å². The molecule has 3 nitrogen and oxygen atoms in total. The molecule has 0 radical (unpaired) electrons. The first kappa shape index (κ1) is 11.0. The van der Waals surface area contributed by atoms with Crippen molar-refractivity contribution in [3.63, 3.8) is 0 Å². The quantitative estimate of drug-likeness (QED) is 0.835. The molecule has 4 heteroatoms. The number of carbonyl (C=O) groups excluding carboxylic acids is 1. The van der Waals surface area contributed by atoms with E-state index in [4.69, 9.17) is 11.6 Å². The van der Waals surface area contributed by atoms with Gasteiger partial charge in [-0.3, -0.25) is 4.79 Å². The lowest BCUT2D eigenvalue weighted by atomic mass is 10.2. The van der Waals surface area contributed by atoms with Gasteiger partial charge in [-0.25, -0.2) is 4.98 Å². The van der Waals surface area contributed by atoms with Crippen molar-refractivity contribution in [3.05, 3.63) is 29.0 Å². The molecule has 0 aliphatic heterocycles. The zero-order valence-corrected chi connectivity index (χ0v) is 9.01. The number of rotatable bonds is 3. The van der Waals surface area contributed by atoms with Gasteiger partial charge in [-0.1, -0.05) is 18.5 Å². The Morgan fingerprint density at radius 1 is 1.64 bits per heavy atom. The second-order valence-electron chi connectivity index (χ2n) is 3.14. The minimum atomic E-state index is -0.156. The van der Waals surface area contributed by atoms with Crippen LogP contribution in [0.5, 0.6) is 0 Å². The van der Waals surface area contributed by atoms with Gasteiger partial charge in [-0.2, -0.15) is 0 Å².